The topological polar surface area (TPSA) is 69.6 Å². The van der Waals surface area contributed by atoms with Crippen LogP contribution in [0.25, 0.3) is 0 Å². The molecule has 0 aromatic carbocycles. The Balaban J connectivity index is 1.81. The van der Waals surface area contributed by atoms with Crippen LogP contribution in [0.4, 0.5) is 0 Å². The first-order valence-electron chi connectivity index (χ1n) is 5.85. The van der Waals surface area contributed by atoms with Crippen molar-refractivity contribution in [1.29, 1.82) is 0 Å². The molecule has 0 bridgehead atoms. The highest BCUT2D eigenvalue weighted by molar-refractivity contribution is 5.81. The van der Waals surface area contributed by atoms with E-state index in [4.69, 9.17) is 5.11 Å². The van der Waals surface area contributed by atoms with Gasteiger partial charge in [0.15, 0.2) is 0 Å². The number of nitrogens with one attached hydrogen (secondary N) is 1. The van der Waals surface area contributed by atoms with E-state index in [1.165, 1.54) is 4.90 Å². The van der Waals surface area contributed by atoms with E-state index in [-0.39, 0.29) is 12.5 Å². The van der Waals surface area contributed by atoms with Crippen LogP contribution >= 0.6 is 0 Å². The summed E-state index contributed by atoms with van der Waals surface area (Å²) in [5.74, 6) is 0.0346. The van der Waals surface area contributed by atoms with Gasteiger partial charge in [-0.1, -0.05) is 0 Å². The number of carbonyl (C=O) groups is 2. The fourth-order valence-corrected chi connectivity index (χ4v) is 1.90. The van der Waals surface area contributed by atoms with Crippen molar-refractivity contribution in [3.05, 3.63) is 0 Å². The van der Waals surface area contributed by atoms with Crippen LogP contribution in [0.15, 0.2) is 0 Å². The number of aliphatic carboxylic acids is 1. The smallest absolute Gasteiger partial charge is 0.323 e. The number of amides is 1. The van der Waals surface area contributed by atoms with Gasteiger partial charge in [-0.15, -0.1) is 0 Å². The maximum atomic E-state index is 11.9. The van der Waals surface area contributed by atoms with Gasteiger partial charge in [0.1, 0.15) is 6.54 Å². The maximum Gasteiger partial charge on any atom is 0.323 e. The van der Waals surface area contributed by atoms with Gasteiger partial charge in [-0.25, -0.2) is 0 Å². The third-order valence-corrected chi connectivity index (χ3v) is 3.18. The number of carboxylic acids is 1. The highest BCUT2D eigenvalue weighted by atomic mass is 16.4. The molecule has 1 saturated carbocycles. The molecule has 2 N–H and O–H groups in total. The van der Waals surface area contributed by atoms with Crippen LogP contribution in [0.5, 0.6) is 0 Å². The molecule has 0 aromatic heterocycles. The second-order valence-corrected chi connectivity index (χ2v) is 4.84. The van der Waals surface area contributed by atoms with E-state index < -0.39 is 5.97 Å². The quantitative estimate of drug-likeness (QED) is 0.664. The summed E-state index contributed by atoms with van der Waals surface area (Å²) in [6.45, 7) is 2.26. The number of carboxylic acid groups (broad SMARTS) is 1. The molecule has 2 fully saturated rings. The van der Waals surface area contributed by atoms with Crippen LogP contribution in [0, 0.1) is 11.8 Å². The summed E-state index contributed by atoms with van der Waals surface area (Å²) in [5, 5.41) is 11.9. The molecular formula is C11H18N2O3. The number of nitrogens with zero attached hydrogens (tertiary/aromatic N) is 1. The Morgan fingerprint density at radius 2 is 1.94 bits per heavy atom. The SMILES string of the molecule is O=C(O)CN(CC1CC1)C(=O)CC1CNC1. The average molecular weight is 226 g/mol. The Morgan fingerprint density at radius 1 is 1.25 bits per heavy atom. The minimum atomic E-state index is -0.916. The van der Waals surface area contributed by atoms with E-state index in [1.54, 1.807) is 0 Å². The minimum Gasteiger partial charge on any atom is -0.480 e. The van der Waals surface area contributed by atoms with E-state index in [1.807, 2.05) is 0 Å². The van der Waals surface area contributed by atoms with Gasteiger partial charge in [0.05, 0.1) is 0 Å². The molecule has 2 aliphatic rings. The van der Waals surface area contributed by atoms with Crippen LogP contribution in [-0.2, 0) is 9.59 Å². The largest absolute Gasteiger partial charge is 0.480 e. The van der Waals surface area contributed by atoms with Gasteiger partial charge >= 0.3 is 5.97 Å². The van der Waals surface area contributed by atoms with E-state index in [0.717, 1.165) is 25.9 Å². The van der Waals surface area contributed by atoms with Crippen LogP contribution in [0.2, 0.25) is 0 Å². The number of hydrogen-bond donors (Lipinski definition) is 2. The summed E-state index contributed by atoms with van der Waals surface area (Å²) in [6.07, 6.45) is 2.76. The molecule has 90 valence electrons. The standard InChI is InChI=1S/C11H18N2O3/c14-10(3-9-4-12-5-9)13(7-11(15)16)6-8-1-2-8/h8-9,12H,1-7H2,(H,15,16). The Bertz CT molecular complexity index is 285. The van der Waals surface area contributed by atoms with Crippen LogP contribution < -0.4 is 5.32 Å². The molecule has 1 amide bonds. The molecule has 16 heavy (non-hydrogen) atoms. The highest BCUT2D eigenvalue weighted by Crippen LogP contribution is 2.30. The normalized spacial score (nSPS) is 20.2. The fourth-order valence-electron chi connectivity index (χ4n) is 1.90. The third-order valence-electron chi connectivity index (χ3n) is 3.18. The summed E-state index contributed by atoms with van der Waals surface area (Å²) in [7, 11) is 0. The van der Waals surface area contributed by atoms with Gasteiger partial charge in [-0.05, 0) is 37.8 Å². The zero-order valence-electron chi connectivity index (χ0n) is 9.32. The van der Waals surface area contributed by atoms with Crippen molar-refractivity contribution in [3.8, 4) is 0 Å². The van der Waals surface area contributed by atoms with Gasteiger partial charge < -0.3 is 15.3 Å². The molecule has 0 atom stereocenters. The molecule has 1 saturated heterocycles. The van der Waals surface area contributed by atoms with Gasteiger partial charge in [-0.3, -0.25) is 9.59 Å². The summed E-state index contributed by atoms with van der Waals surface area (Å²) >= 11 is 0. The predicted octanol–water partition coefficient (Wildman–Crippen LogP) is -0.0809. The van der Waals surface area contributed by atoms with Gasteiger partial charge in [0.25, 0.3) is 0 Å². The number of carbonyl (C=O) groups excluding carboxylic acids is 1. The molecule has 0 radical (unpaired) electrons. The molecule has 1 heterocycles. The summed E-state index contributed by atoms with van der Waals surface area (Å²) in [5.41, 5.74) is 0. The monoisotopic (exact) mass is 226 g/mol. The lowest BCUT2D eigenvalue weighted by Crippen LogP contribution is -2.46. The second-order valence-electron chi connectivity index (χ2n) is 4.84. The fraction of sp³-hybridized carbons (Fsp3) is 0.818. The van der Waals surface area contributed by atoms with Crippen LogP contribution in [0.1, 0.15) is 19.3 Å². The van der Waals surface area contributed by atoms with Crippen molar-refractivity contribution in [1.82, 2.24) is 10.2 Å². The lowest BCUT2D eigenvalue weighted by molar-refractivity contribution is -0.145. The maximum absolute atomic E-state index is 11.9. The molecule has 5 heteroatoms. The summed E-state index contributed by atoms with van der Waals surface area (Å²) < 4.78 is 0. The Morgan fingerprint density at radius 3 is 2.38 bits per heavy atom. The first kappa shape index (κ1) is 11.4. The van der Waals surface area contributed by atoms with Crippen LogP contribution in [0.3, 0.4) is 0 Å². The Hall–Kier alpha value is -1.10. The van der Waals surface area contributed by atoms with E-state index in [9.17, 15) is 9.59 Å². The summed E-state index contributed by atoms with van der Waals surface area (Å²) in [6, 6.07) is 0. The lowest BCUT2D eigenvalue weighted by Gasteiger charge is -2.29. The average Bonchev–Trinajstić information content (AvgIpc) is 2.93. The zero-order valence-corrected chi connectivity index (χ0v) is 9.32. The second kappa shape index (κ2) is 4.82. The molecular weight excluding hydrogens is 208 g/mol. The number of rotatable bonds is 6. The predicted molar refractivity (Wildman–Crippen MR) is 57.9 cm³/mol. The van der Waals surface area contributed by atoms with Crippen molar-refractivity contribution in [3.63, 3.8) is 0 Å². The van der Waals surface area contributed by atoms with Gasteiger partial charge in [0.2, 0.25) is 5.91 Å². The first-order chi connectivity index (χ1) is 7.65. The van der Waals surface area contributed by atoms with Crippen molar-refractivity contribution in [2.75, 3.05) is 26.2 Å². The minimum absolute atomic E-state index is 0.000741. The van der Waals surface area contributed by atoms with Crippen LogP contribution in [-0.4, -0.2) is 48.1 Å². The van der Waals surface area contributed by atoms with Crippen molar-refractivity contribution in [2.45, 2.75) is 19.3 Å². The highest BCUT2D eigenvalue weighted by Gasteiger charge is 2.29. The third kappa shape index (κ3) is 3.20. The van der Waals surface area contributed by atoms with Crippen molar-refractivity contribution < 1.29 is 14.7 Å². The Kier molecular flexibility index (Phi) is 3.43. The molecule has 1 aliphatic carbocycles. The van der Waals surface area contributed by atoms with Crippen molar-refractivity contribution >= 4 is 11.9 Å². The van der Waals surface area contributed by atoms with Crippen molar-refractivity contribution in [2.24, 2.45) is 11.8 Å². The molecule has 5 nitrogen and oxygen atoms in total. The van der Waals surface area contributed by atoms with Gasteiger partial charge in [-0.2, -0.15) is 0 Å². The van der Waals surface area contributed by atoms with Gasteiger partial charge in [0, 0.05) is 13.0 Å². The summed E-state index contributed by atoms with van der Waals surface area (Å²) in [4.78, 5) is 24.1. The first-order valence-corrected chi connectivity index (χ1v) is 5.85. The zero-order chi connectivity index (χ0) is 11.5. The van der Waals surface area contributed by atoms with E-state index in [2.05, 4.69) is 5.32 Å². The molecule has 2 rings (SSSR count). The van der Waals surface area contributed by atoms with E-state index >= 15 is 0 Å². The lowest BCUT2D eigenvalue weighted by atomic mass is 9.98. The molecule has 0 unspecified atom stereocenters. The molecule has 0 aromatic rings. The Labute approximate surface area is 94.8 Å². The number of hydrogen-bond acceptors (Lipinski definition) is 3. The van der Waals surface area contributed by atoms with E-state index in [0.29, 0.717) is 24.8 Å². The molecule has 1 aliphatic heterocycles. The molecule has 0 spiro atoms.